The smallest absolute Gasteiger partial charge is 0.337 e. The maximum absolute atomic E-state index is 12.0. The number of hydrogen-bond acceptors (Lipinski definition) is 6. The van der Waals surface area contributed by atoms with Crippen molar-refractivity contribution in [1.29, 1.82) is 0 Å². The van der Waals surface area contributed by atoms with Gasteiger partial charge >= 0.3 is 5.63 Å². The first-order chi connectivity index (χ1) is 8.93. The van der Waals surface area contributed by atoms with Gasteiger partial charge in [-0.05, 0) is 12.0 Å². The lowest BCUT2D eigenvalue weighted by Crippen LogP contribution is -2.30. The minimum absolute atomic E-state index is 0.131. The Morgan fingerprint density at radius 2 is 2.26 bits per heavy atom. The van der Waals surface area contributed by atoms with Crippen molar-refractivity contribution in [3.8, 4) is 0 Å². The van der Waals surface area contributed by atoms with Gasteiger partial charge in [-0.3, -0.25) is 4.21 Å². The van der Waals surface area contributed by atoms with Crippen LogP contribution in [0.25, 0.3) is 0 Å². The van der Waals surface area contributed by atoms with Crippen LogP contribution in [0.3, 0.4) is 0 Å². The molecule has 0 aromatic carbocycles. The summed E-state index contributed by atoms with van der Waals surface area (Å²) in [5.41, 5.74) is 0.600. The Labute approximate surface area is 113 Å². The fourth-order valence-corrected chi connectivity index (χ4v) is 2.69. The van der Waals surface area contributed by atoms with Crippen molar-refractivity contribution in [3.05, 3.63) is 27.6 Å². The lowest BCUT2D eigenvalue weighted by molar-refractivity contribution is 0.184. The molecule has 2 N–H and O–H groups in total. The quantitative estimate of drug-likeness (QED) is 0.849. The molecule has 1 aromatic rings. The van der Waals surface area contributed by atoms with Crippen molar-refractivity contribution >= 4 is 21.9 Å². The Morgan fingerprint density at radius 1 is 1.58 bits per heavy atom. The predicted molar refractivity (Wildman–Crippen MR) is 73.7 cm³/mol. The zero-order valence-corrected chi connectivity index (χ0v) is 11.8. The maximum atomic E-state index is 12.0. The van der Waals surface area contributed by atoms with E-state index in [1.54, 1.807) is 13.8 Å². The zero-order valence-electron chi connectivity index (χ0n) is 11.0. The summed E-state index contributed by atoms with van der Waals surface area (Å²) in [7, 11) is -1.38. The van der Waals surface area contributed by atoms with Crippen LogP contribution in [-0.4, -0.2) is 19.7 Å². The Bertz CT molecular complexity index is 606. The van der Waals surface area contributed by atoms with Gasteiger partial charge in [0, 0.05) is 11.3 Å². The second-order valence-electron chi connectivity index (χ2n) is 4.47. The molecule has 19 heavy (non-hydrogen) atoms. The Morgan fingerprint density at radius 3 is 2.84 bits per heavy atom. The number of hydrogen-bond donors (Lipinski definition) is 2. The number of aliphatic hydroxyl groups excluding tert-OH is 1. The van der Waals surface area contributed by atoms with Crippen molar-refractivity contribution < 1.29 is 13.7 Å². The van der Waals surface area contributed by atoms with Gasteiger partial charge in [0.25, 0.3) is 0 Å². The van der Waals surface area contributed by atoms with Gasteiger partial charge in [0.15, 0.2) is 11.4 Å². The fourth-order valence-electron chi connectivity index (χ4n) is 1.85. The molecule has 2 atom stereocenters. The molecule has 0 amide bonds. The molecule has 1 aliphatic rings. The van der Waals surface area contributed by atoms with E-state index in [4.69, 9.17) is 4.42 Å². The van der Waals surface area contributed by atoms with Gasteiger partial charge in [0.05, 0.1) is 16.4 Å². The summed E-state index contributed by atoms with van der Waals surface area (Å²) in [4.78, 5) is 15.4. The number of aryl methyl sites for hydroxylation is 1. The molecule has 2 unspecified atom stereocenters. The monoisotopic (exact) mass is 284 g/mol. The molecule has 0 radical (unpaired) electrons. The molecule has 1 aromatic heterocycles. The normalized spacial score (nSPS) is 19.6. The average molecular weight is 284 g/mol. The van der Waals surface area contributed by atoms with E-state index in [-0.39, 0.29) is 16.3 Å². The lowest BCUT2D eigenvalue weighted by atomic mass is 10.1. The highest BCUT2D eigenvalue weighted by Crippen LogP contribution is 2.31. The van der Waals surface area contributed by atoms with Gasteiger partial charge in [-0.25, -0.2) is 9.79 Å². The molecule has 0 saturated carbocycles. The summed E-state index contributed by atoms with van der Waals surface area (Å²) < 4.78 is 17.0. The third-order valence-electron chi connectivity index (χ3n) is 2.80. The summed E-state index contributed by atoms with van der Waals surface area (Å²) in [6.07, 6.45) is -0.585. The van der Waals surface area contributed by atoms with E-state index in [2.05, 4.69) is 10.3 Å². The topological polar surface area (TPSA) is 91.9 Å². The molecule has 0 saturated heterocycles. The molecule has 0 aliphatic carbocycles. The van der Waals surface area contributed by atoms with Gasteiger partial charge in [-0.1, -0.05) is 20.8 Å². The van der Waals surface area contributed by atoms with Crippen LogP contribution < -0.4 is 10.9 Å². The van der Waals surface area contributed by atoms with Crippen LogP contribution in [0.1, 0.15) is 38.1 Å². The SMILES string of the molecule is CCc1cc(=O)oc2c1C(O)N=C(S(=O)C(C)C)N2. The van der Waals surface area contributed by atoms with E-state index < -0.39 is 22.7 Å². The van der Waals surface area contributed by atoms with Crippen LogP contribution in [0.4, 0.5) is 5.88 Å². The fraction of sp³-hybridized carbons (Fsp3) is 0.500. The van der Waals surface area contributed by atoms with Crippen LogP contribution in [-0.2, 0) is 17.2 Å². The van der Waals surface area contributed by atoms with E-state index in [1.165, 1.54) is 6.07 Å². The number of anilines is 1. The summed E-state index contributed by atoms with van der Waals surface area (Å²) in [5, 5.41) is 12.8. The van der Waals surface area contributed by atoms with Crippen molar-refractivity contribution in [1.82, 2.24) is 0 Å². The van der Waals surface area contributed by atoms with Crippen LogP contribution >= 0.6 is 0 Å². The van der Waals surface area contributed by atoms with E-state index in [0.717, 1.165) is 0 Å². The van der Waals surface area contributed by atoms with E-state index in [1.807, 2.05) is 6.92 Å². The van der Waals surface area contributed by atoms with Gasteiger partial charge in [-0.15, -0.1) is 0 Å². The highest BCUT2D eigenvalue weighted by molar-refractivity contribution is 8.01. The van der Waals surface area contributed by atoms with Crippen molar-refractivity contribution in [2.75, 3.05) is 5.32 Å². The minimum atomic E-state index is -1.38. The zero-order chi connectivity index (χ0) is 14.2. The van der Waals surface area contributed by atoms with E-state index >= 15 is 0 Å². The molecule has 1 aliphatic heterocycles. The van der Waals surface area contributed by atoms with Crippen LogP contribution in [0.15, 0.2) is 20.3 Å². The number of aliphatic imine (C=N–C) groups is 1. The predicted octanol–water partition coefficient (Wildman–Crippen LogP) is 1.13. The summed E-state index contributed by atoms with van der Waals surface area (Å²) >= 11 is 0. The number of fused-ring (bicyclic) bond motifs is 1. The Balaban J connectivity index is 2.49. The number of nitrogens with one attached hydrogen (secondary N) is 1. The van der Waals surface area contributed by atoms with Crippen LogP contribution in [0.2, 0.25) is 0 Å². The third kappa shape index (κ3) is 2.62. The first kappa shape index (κ1) is 14.0. The summed E-state index contributed by atoms with van der Waals surface area (Å²) in [5.74, 6) is 0.135. The van der Waals surface area contributed by atoms with Crippen LogP contribution in [0.5, 0.6) is 0 Å². The first-order valence-electron chi connectivity index (χ1n) is 6.04. The molecular formula is C12H16N2O4S. The van der Waals surface area contributed by atoms with Gasteiger partial charge < -0.3 is 14.8 Å². The number of aliphatic hydroxyl groups is 1. The number of nitrogens with zero attached hydrogens (tertiary/aromatic N) is 1. The molecule has 0 spiro atoms. The number of rotatable bonds is 2. The van der Waals surface area contributed by atoms with Gasteiger partial charge in [0.2, 0.25) is 5.88 Å². The largest absolute Gasteiger partial charge is 0.406 e. The van der Waals surface area contributed by atoms with Crippen molar-refractivity contribution in [3.63, 3.8) is 0 Å². The Hall–Kier alpha value is -1.47. The van der Waals surface area contributed by atoms with E-state index in [0.29, 0.717) is 17.5 Å². The van der Waals surface area contributed by atoms with Gasteiger partial charge in [-0.2, -0.15) is 0 Å². The van der Waals surface area contributed by atoms with Gasteiger partial charge in [0.1, 0.15) is 0 Å². The Kier molecular flexibility index (Phi) is 3.86. The molecular weight excluding hydrogens is 268 g/mol. The molecule has 2 heterocycles. The maximum Gasteiger partial charge on any atom is 0.337 e. The minimum Gasteiger partial charge on any atom is -0.406 e. The highest BCUT2D eigenvalue weighted by atomic mass is 32.2. The molecule has 0 bridgehead atoms. The first-order valence-corrected chi connectivity index (χ1v) is 7.25. The second kappa shape index (κ2) is 5.26. The average Bonchev–Trinajstić information content (AvgIpc) is 2.35. The van der Waals surface area contributed by atoms with Crippen molar-refractivity contribution in [2.24, 2.45) is 4.99 Å². The highest BCUT2D eigenvalue weighted by Gasteiger charge is 2.28. The number of amidine groups is 1. The molecule has 0 fully saturated rings. The van der Waals surface area contributed by atoms with Crippen molar-refractivity contribution in [2.45, 2.75) is 38.7 Å². The summed E-state index contributed by atoms with van der Waals surface area (Å²) in [6.45, 7) is 5.43. The molecule has 7 heteroatoms. The second-order valence-corrected chi connectivity index (χ2v) is 6.39. The molecule has 2 rings (SSSR count). The molecule has 6 nitrogen and oxygen atoms in total. The standard InChI is InChI=1S/C12H16N2O4S/c1-4-7-5-8(15)18-11-9(7)10(16)13-12(14-11)19(17)6(2)3/h5-6,10,16H,4H2,1-3H3,(H,13,14). The molecule has 104 valence electrons. The summed E-state index contributed by atoms with van der Waals surface area (Å²) in [6, 6.07) is 1.34. The third-order valence-corrected chi connectivity index (χ3v) is 4.25. The van der Waals surface area contributed by atoms with E-state index in [9.17, 15) is 14.1 Å². The lowest BCUT2D eigenvalue weighted by Gasteiger charge is -2.22. The van der Waals surface area contributed by atoms with Crippen LogP contribution in [0, 0.1) is 0 Å².